The Labute approximate surface area is 257 Å². The SMILES string of the molecule is C=CC(=O)N1CCN(c2nc(OC[C@@H]3CCCN3C)nc3c2CN(C)[C@@H](c2c(Cl)c(C)cc4[nH]ncc24)C3)C[C@@H]1CC#N. The van der Waals surface area contributed by atoms with Crippen LogP contribution in [0.15, 0.2) is 24.9 Å². The number of nitrogens with zero attached hydrogens (tertiary/aromatic N) is 8. The van der Waals surface area contributed by atoms with Crippen molar-refractivity contribution in [3.63, 3.8) is 0 Å². The third kappa shape index (κ3) is 5.55. The van der Waals surface area contributed by atoms with Gasteiger partial charge in [0.2, 0.25) is 5.91 Å². The number of aryl methyl sites for hydroxylation is 1. The molecule has 226 valence electrons. The first-order chi connectivity index (χ1) is 20.8. The molecule has 2 aromatic heterocycles. The molecule has 3 aromatic rings. The molecule has 3 aliphatic rings. The number of aromatic amines is 1. The van der Waals surface area contributed by atoms with E-state index in [9.17, 15) is 10.1 Å². The number of rotatable bonds is 7. The van der Waals surface area contributed by atoms with E-state index < -0.39 is 0 Å². The van der Waals surface area contributed by atoms with E-state index in [0.717, 1.165) is 63.5 Å². The molecular formula is C31H38ClN9O2. The van der Waals surface area contributed by atoms with Crippen LogP contribution in [0.1, 0.15) is 47.7 Å². The summed E-state index contributed by atoms with van der Waals surface area (Å²) in [6.45, 7) is 9.43. The van der Waals surface area contributed by atoms with Crippen LogP contribution in [0, 0.1) is 18.3 Å². The molecule has 6 rings (SSSR count). The molecule has 2 saturated heterocycles. The molecule has 1 amide bonds. The maximum absolute atomic E-state index is 12.6. The number of likely N-dealkylation sites (N-methyl/N-ethyl adjacent to an activating group) is 2. The van der Waals surface area contributed by atoms with Gasteiger partial charge in [0, 0.05) is 60.7 Å². The van der Waals surface area contributed by atoms with Crippen molar-refractivity contribution in [2.24, 2.45) is 0 Å². The molecule has 0 spiro atoms. The number of nitrogens with one attached hydrogen (secondary N) is 1. The fourth-order valence-corrected chi connectivity index (χ4v) is 7.11. The van der Waals surface area contributed by atoms with Crippen molar-refractivity contribution in [3.8, 4) is 12.1 Å². The maximum atomic E-state index is 12.6. The van der Waals surface area contributed by atoms with Crippen molar-refractivity contribution in [2.45, 2.75) is 57.3 Å². The van der Waals surface area contributed by atoms with Crippen LogP contribution in [0.25, 0.3) is 10.9 Å². The summed E-state index contributed by atoms with van der Waals surface area (Å²) in [5.41, 5.74) is 4.96. The number of carbonyl (C=O) groups excluding carboxylic acids is 1. The Bertz CT molecular complexity index is 1580. The van der Waals surface area contributed by atoms with E-state index >= 15 is 0 Å². The number of fused-ring (bicyclic) bond motifs is 2. The number of ether oxygens (including phenoxy) is 1. The molecule has 1 aromatic carbocycles. The highest BCUT2D eigenvalue weighted by molar-refractivity contribution is 6.33. The third-order valence-electron chi connectivity index (χ3n) is 9.26. The van der Waals surface area contributed by atoms with Crippen LogP contribution < -0.4 is 9.64 Å². The number of aromatic nitrogens is 4. The van der Waals surface area contributed by atoms with Crippen molar-refractivity contribution < 1.29 is 9.53 Å². The smallest absolute Gasteiger partial charge is 0.318 e. The van der Waals surface area contributed by atoms with Crippen molar-refractivity contribution in [2.75, 3.05) is 51.8 Å². The van der Waals surface area contributed by atoms with Crippen molar-refractivity contribution in [1.82, 2.24) is 34.9 Å². The van der Waals surface area contributed by atoms with E-state index in [1.54, 1.807) is 4.90 Å². The molecule has 0 radical (unpaired) electrons. The van der Waals surface area contributed by atoms with Gasteiger partial charge in [0.15, 0.2) is 0 Å². The minimum absolute atomic E-state index is 0.0232. The number of halogens is 1. The largest absolute Gasteiger partial charge is 0.462 e. The van der Waals surface area contributed by atoms with Crippen LogP contribution in [-0.2, 0) is 17.8 Å². The fraction of sp³-hybridized carbons (Fsp3) is 0.516. The van der Waals surface area contributed by atoms with Crippen molar-refractivity contribution in [3.05, 3.63) is 52.3 Å². The maximum Gasteiger partial charge on any atom is 0.318 e. The van der Waals surface area contributed by atoms with Gasteiger partial charge in [0.05, 0.1) is 35.9 Å². The summed E-state index contributed by atoms with van der Waals surface area (Å²) in [5.74, 6) is 0.653. The molecule has 5 heterocycles. The summed E-state index contributed by atoms with van der Waals surface area (Å²) in [6.07, 6.45) is 6.26. The summed E-state index contributed by atoms with van der Waals surface area (Å²) in [6, 6.07) is 4.70. The van der Waals surface area contributed by atoms with Gasteiger partial charge < -0.3 is 19.4 Å². The van der Waals surface area contributed by atoms with Gasteiger partial charge in [-0.3, -0.25) is 14.8 Å². The molecule has 3 aliphatic heterocycles. The zero-order chi connectivity index (χ0) is 30.2. The predicted molar refractivity (Wildman–Crippen MR) is 165 cm³/mol. The summed E-state index contributed by atoms with van der Waals surface area (Å²) in [4.78, 5) is 31.1. The van der Waals surface area contributed by atoms with Crippen LogP contribution in [-0.4, -0.2) is 99.7 Å². The average Bonchev–Trinajstić information content (AvgIpc) is 3.64. The van der Waals surface area contributed by atoms with Gasteiger partial charge in [0.1, 0.15) is 12.4 Å². The van der Waals surface area contributed by atoms with Gasteiger partial charge in [0.25, 0.3) is 0 Å². The average molecular weight is 604 g/mol. The van der Waals surface area contributed by atoms with E-state index in [4.69, 9.17) is 26.3 Å². The molecule has 2 fully saturated rings. The van der Waals surface area contributed by atoms with Crippen LogP contribution >= 0.6 is 11.6 Å². The molecule has 0 saturated carbocycles. The topological polar surface area (TPSA) is 118 Å². The number of likely N-dealkylation sites (tertiary alicyclic amines) is 1. The lowest BCUT2D eigenvalue weighted by atomic mass is 9.90. The second-order valence-electron chi connectivity index (χ2n) is 11.9. The van der Waals surface area contributed by atoms with Gasteiger partial charge in [-0.15, -0.1) is 0 Å². The Hall–Kier alpha value is -3.72. The zero-order valence-corrected chi connectivity index (χ0v) is 25.8. The standard InChI is InChI=1S/C31H38ClN9O2/c1-5-27(42)41-12-11-40(16-20(41)8-9-33)30-23-17-39(4)26(28-22-15-34-37-25(22)13-19(2)29(28)32)14-24(23)35-31(36-30)43-18-21-7-6-10-38(21)3/h5,13,15,20-21,26H,1,6-8,10-12,14,16-18H2,2-4H3,(H,34,37)/t20-,21-,26+/m0/s1. The van der Waals surface area contributed by atoms with Crippen molar-refractivity contribution >= 4 is 34.2 Å². The van der Waals surface area contributed by atoms with E-state index in [0.29, 0.717) is 51.3 Å². The lowest BCUT2D eigenvalue weighted by Crippen LogP contribution is -2.55. The van der Waals surface area contributed by atoms with E-state index in [1.807, 2.05) is 19.2 Å². The minimum atomic E-state index is -0.263. The number of nitriles is 1. The molecule has 3 atom stereocenters. The number of H-pyrrole nitrogens is 1. The number of benzene rings is 1. The number of anilines is 1. The molecule has 0 bridgehead atoms. The Morgan fingerprint density at radius 1 is 1.26 bits per heavy atom. The first-order valence-corrected chi connectivity index (χ1v) is 15.3. The Morgan fingerprint density at radius 3 is 2.84 bits per heavy atom. The normalized spacial score (nSPS) is 22.9. The number of carbonyl (C=O) groups is 1. The first-order valence-electron chi connectivity index (χ1n) is 14.9. The molecule has 1 N–H and O–H groups in total. The second kappa shape index (κ2) is 12.1. The molecule has 0 aliphatic carbocycles. The lowest BCUT2D eigenvalue weighted by Gasteiger charge is -2.42. The monoisotopic (exact) mass is 603 g/mol. The summed E-state index contributed by atoms with van der Waals surface area (Å²) >= 11 is 6.97. The summed E-state index contributed by atoms with van der Waals surface area (Å²) in [7, 11) is 4.23. The van der Waals surface area contributed by atoms with Gasteiger partial charge in [-0.2, -0.15) is 20.3 Å². The van der Waals surface area contributed by atoms with Crippen LogP contribution in [0.5, 0.6) is 6.01 Å². The molecule has 12 heteroatoms. The number of hydrogen-bond acceptors (Lipinski definition) is 9. The summed E-state index contributed by atoms with van der Waals surface area (Å²) in [5, 5.41) is 18.7. The van der Waals surface area contributed by atoms with Crippen molar-refractivity contribution in [1.29, 1.82) is 5.26 Å². The van der Waals surface area contributed by atoms with Crippen LogP contribution in [0.4, 0.5) is 5.82 Å². The number of amides is 1. The fourth-order valence-electron chi connectivity index (χ4n) is 6.83. The Kier molecular flexibility index (Phi) is 8.27. The van der Waals surface area contributed by atoms with E-state index in [1.165, 1.54) is 6.08 Å². The lowest BCUT2D eigenvalue weighted by molar-refractivity contribution is -0.128. The highest BCUT2D eigenvalue weighted by Gasteiger charge is 2.36. The number of hydrogen-bond donors (Lipinski definition) is 1. The molecule has 11 nitrogen and oxygen atoms in total. The van der Waals surface area contributed by atoms with Gasteiger partial charge in [-0.1, -0.05) is 18.2 Å². The van der Waals surface area contributed by atoms with E-state index in [2.05, 4.69) is 51.6 Å². The van der Waals surface area contributed by atoms with Gasteiger partial charge >= 0.3 is 6.01 Å². The second-order valence-corrected chi connectivity index (χ2v) is 12.3. The number of piperazine rings is 1. The molecular weight excluding hydrogens is 566 g/mol. The van der Waals surface area contributed by atoms with Gasteiger partial charge in [-0.25, -0.2) is 0 Å². The highest BCUT2D eigenvalue weighted by atomic mass is 35.5. The minimum Gasteiger partial charge on any atom is -0.462 e. The predicted octanol–water partition coefficient (Wildman–Crippen LogP) is 3.63. The van der Waals surface area contributed by atoms with Crippen LogP contribution in [0.2, 0.25) is 5.02 Å². The van der Waals surface area contributed by atoms with Gasteiger partial charge in [-0.05, 0) is 63.7 Å². The van der Waals surface area contributed by atoms with Crippen LogP contribution in [0.3, 0.4) is 0 Å². The quantitative estimate of drug-likeness (QED) is 0.404. The molecule has 0 unspecified atom stereocenters. The third-order valence-corrected chi connectivity index (χ3v) is 9.76. The first kappa shape index (κ1) is 29.4. The Morgan fingerprint density at radius 2 is 2.09 bits per heavy atom. The zero-order valence-electron chi connectivity index (χ0n) is 25.0. The highest BCUT2D eigenvalue weighted by Crippen LogP contribution is 2.42. The van der Waals surface area contributed by atoms with E-state index in [-0.39, 0.29) is 24.4 Å². The molecule has 43 heavy (non-hydrogen) atoms. The Balaban J connectivity index is 1.38. The summed E-state index contributed by atoms with van der Waals surface area (Å²) < 4.78 is 6.30.